The number of alkyl halides is 2. The number of benzene rings is 1. The van der Waals surface area contributed by atoms with Crippen LogP contribution in [0.15, 0.2) is 42.7 Å². The van der Waals surface area contributed by atoms with Gasteiger partial charge in [-0.05, 0) is 38.2 Å². The molecule has 0 aliphatic heterocycles. The van der Waals surface area contributed by atoms with Crippen molar-refractivity contribution in [1.82, 2.24) is 9.55 Å². The molecule has 7 heteroatoms. The van der Waals surface area contributed by atoms with Gasteiger partial charge in [0.25, 0.3) is 0 Å². The number of hydrogen-bond acceptors (Lipinski definition) is 4. The predicted molar refractivity (Wildman–Crippen MR) is 104 cm³/mol. The maximum absolute atomic E-state index is 14.0. The van der Waals surface area contributed by atoms with E-state index in [9.17, 15) is 18.7 Å². The van der Waals surface area contributed by atoms with E-state index < -0.39 is 29.8 Å². The Balaban J connectivity index is 1.64. The van der Waals surface area contributed by atoms with E-state index in [2.05, 4.69) is 4.98 Å². The summed E-state index contributed by atoms with van der Waals surface area (Å²) in [6, 6.07) is 8.30. The SMILES string of the molecule is Cc1nccn1CCCCOC(=O)[C@](O)(c1ccccc1)[C@H]1CCCC(F)(F)C1. The van der Waals surface area contributed by atoms with Crippen LogP contribution in [0.25, 0.3) is 0 Å². The summed E-state index contributed by atoms with van der Waals surface area (Å²) in [6.45, 7) is 2.80. The number of unbranched alkanes of at least 4 members (excludes halogenated alkanes) is 1. The van der Waals surface area contributed by atoms with Gasteiger partial charge in [-0.2, -0.15) is 0 Å². The average Bonchev–Trinajstić information content (AvgIpc) is 3.11. The molecule has 1 aliphatic carbocycles. The Morgan fingerprint density at radius 2 is 2.10 bits per heavy atom. The summed E-state index contributed by atoms with van der Waals surface area (Å²) in [5.74, 6) is -3.69. The van der Waals surface area contributed by atoms with Gasteiger partial charge in [-0.15, -0.1) is 0 Å². The molecule has 0 spiro atoms. The van der Waals surface area contributed by atoms with E-state index in [-0.39, 0.29) is 19.4 Å². The van der Waals surface area contributed by atoms with Gasteiger partial charge >= 0.3 is 5.97 Å². The second-order valence-corrected chi connectivity index (χ2v) is 7.79. The van der Waals surface area contributed by atoms with Crippen molar-refractivity contribution in [3.05, 3.63) is 54.1 Å². The minimum atomic E-state index is -2.88. The maximum atomic E-state index is 14.0. The largest absolute Gasteiger partial charge is 0.463 e. The first-order valence-corrected chi connectivity index (χ1v) is 10.1. The summed E-state index contributed by atoms with van der Waals surface area (Å²) in [5, 5.41) is 11.3. The highest BCUT2D eigenvalue weighted by Gasteiger charge is 2.52. The summed E-state index contributed by atoms with van der Waals surface area (Å²) in [4.78, 5) is 17.0. The number of carbonyl (C=O) groups excluding carboxylic acids is 1. The van der Waals surface area contributed by atoms with Crippen molar-refractivity contribution in [3.63, 3.8) is 0 Å². The van der Waals surface area contributed by atoms with Crippen molar-refractivity contribution < 1.29 is 23.4 Å². The number of aromatic nitrogens is 2. The second-order valence-electron chi connectivity index (χ2n) is 7.79. The molecule has 5 nitrogen and oxygen atoms in total. The fourth-order valence-corrected chi connectivity index (χ4v) is 4.04. The van der Waals surface area contributed by atoms with E-state index in [1.165, 1.54) is 0 Å². The summed E-state index contributed by atoms with van der Waals surface area (Å²) in [7, 11) is 0. The number of esters is 1. The molecular weight excluding hydrogens is 378 g/mol. The standard InChI is InChI=1S/C22H28F2N2O3/c1-17-25-12-14-26(17)13-5-6-15-29-20(27)22(28,18-8-3-2-4-9-18)19-10-7-11-21(23,24)16-19/h2-4,8-9,12,14,19,28H,5-7,10-11,13,15-16H2,1H3/t19-,22-/m0/s1. The van der Waals surface area contributed by atoms with Gasteiger partial charge in [-0.3, -0.25) is 0 Å². The number of halogens is 2. The molecule has 1 aliphatic rings. The van der Waals surface area contributed by atoms with E-state index in [0.29, 0.717) is 18.4 Å². The second kappa shape index (κ2) is 9.03. The van der Waals surface area contributed by atoms with Gasteiger partial charge in [0, 0.05) is 37.7 Å². The molecule has 0 amide bonds. The van der Waals surface area contributed by atoms with E-state index in [1.54, 1.807) is 36.5 Å². The van der Waals surface area contributed by atoms with Crippen LogP contribution in [0.1, 0.15) is 49.9 Å². The van der Waals surface area contributed by atoms with Crippen LogP contribution in [0.5, 0.6) is 0 Å². The van der Waals surface area contributed by atoms with Gasteiger partial charge in [-0.25, -0.2) is 18.6 Å². The molecule has 0 radical (unpaired) electrons. The monoisotopic (exact) mass is 406 g/mol. The zero-order valence-corrected chi connectivity index (χ0v) is 16.7. The van der Waals surface area contributed by atoms with E-state index >= 15 is 0 Å². The van der Waals surface area contributed by atoms with E-state index in [4.69, 9.17) is 4.74 Å². The molecule has 3 rings (SSSR count). The van der Waals surface area contributed by atoms with Crippen LogP contribution < -0.4 is 0 Å². The van der Waals surface area contributed by atoms with Crippen molar-refractivity contribution in [1.29, 1.82) is 0 Å². The number of aliphatic hydroxyl groups is 1. The Kier molecular flexibility index (Phi) is 6.67. The molecular formula is C22H28F2N2O3. The zero-order valence-electron chi connectivity index (χ0n) is 16.7. The fraction of sp³-hybridized carbons (Fsp3) is 0.545. The Hall–Kier alpha value is -2.28. The summed E-state index contributed by atoms with van der Waals surface area (Å²) >= 11 is 0. The molecule has 1 aromatic carbocycles. The first-order chi connectivity index (χ1) is 13.8. The van der Waals surface area contributed by atoms with Crippen molar-refractivity contribution in [2.45, 2.75) is 63.5 Å². The third-order valence-electron chi connectivity index (χ3n) is 5.71. The molecule has 1 saturated carbocycles. The Bertz CT molecular complexity index is 809. The van der Waals surface area contributed by atoms with Gasteiger partial charge in [0.1, 0.15) is 5.82 Å². The first-order valence-electron chi connectivity index (χ1n) is 10.1. The lowest BCUT2D eigenvalue weighted by atomic mass is 9.72. The van der Waals surface area contributed by atoms with Gasteiger partial charge < -0.3 is 14.4 Å². The lowest BCUT2D eigenvalue weighted by Gasteiger charge is -2.39. The maximum Gasteiger partial charge on any atom is 0.343 e. The third-order valence-corrected chi connectivity index (χ3v) is 5.71. The van der Waals surface area contributed by atoms with Crippen molar-refractivity contribution >= 4 is 5.97 Å². The van der Waals surface area contributed by atoms with Crippen molar-refractivity contribution in [2.24, 2.45) is 5.92 Å². The average molecular weight is 406 g/mol. The smallest absolute Gasteiger partial charge is 0.343 e. The molecule has 0 saturated heterocycles. The molecule has 1 fully saturated rings. The first kappa shape index (κ1) is 21.4. The number of imidazole rings is 1. The number of nitrogens with zero attached hydrogens (tertiary/aromatic N) is 2. The summed E-state index contributed by atoms with van der Waals surface area (Å²) < 4.78 is 35.4. The summed E-state index contributed by atoms with van der Waals surface area (Å²) in [6.07, 6.45) is 4.89. The minimum Gasteiger partial charge on any atom is -0.463 e. The topological polar surface area (TPSA) is 64.4 Å². The highest BCUT2D eigenvalue weighted by molar-refractivity contribution is 5.81. The lowest BCUT2D eigenvalue weighted by Crippen LogP contribution is -2.48. The molecule has 0 bridgehead atoms. The molecule has 29 heavy (non-hydrogen) atoms. The molecule has 0 unspecified atom stereocenters. The Morgan fingerprint density at radius 1 is 1.34 bits per heavy atom. The van der Waals surface area contributed by atoms with Crippen LogP contribution in [-0.4, -0.2) is 33.2 Å². The number of hydrogen-bond donors (Lipinski definition) is 1. The molecule has 1 N–H and O–H groups in total. The predicted octanol–water partition coefficient (Wildman–Crippen LogP) is 4.23. The molecule has 158 valence electrons. The van der Waals surface area contributed by atoms with Crippen molar-refractivity contribution in [3.8, 4) is 0 Å². The molecule has 2 atom stereocenters. The van der Waals surface area contributed by atoms with Crippen LogP contribution in [0, 0.1) is 12.8 Å². The van der Waals surface area contributed by atoms with Crippen LogP contribution in [0.2, 0.25) is 0 Å². The number of ether oxygens (including phenoxy) is 1. The number of carbonyl (C=O) groups is 1. The van der Waals surface area contributed by atoms with Crippen molar-refractivity contribution in [2.75, 3.05) is 6.61 Å². The van der Waals surface area contributed by atoms with E-state index in [0.717, 1.165) is 18.8 Å². The Morgan fingerprint density at radius 3 is 2.76 bits per heavy atom. The van der Waals surface area contributed by atoms with Crippen LogP contribution >= 0.6 is 0 Å². The third kappa shape index (κ3) is 5.01. The quantitative estimate of drug-likeness (QED) is 0.526. The zero-order chi connectivity index (χ0) is 20.9. The van der Waals surface area contributed by atoms with Crippen LogP contribution in [-0.2, 0) is 21.7 Å². The summed E-state index contributed by atoms with van der Waals surface area (Å²) in [5.41, 5.74) is -1.76. The minimum absolute atomic E-state index is 0.130. The lowest BCUT2D eigenvalue weighted by molar-refractivity contribution is -0.182. The molecule has 1 aromatic heterocycles. The van der Waals surface area contributed by atoms with Gasteiger partial charge in [0.05, 0.1) is 6.61 Å². The highest BCUT2D eigenvalue weighted by atomic mass is 19.3. The molecule has 1 heterocycles. The van der Waals surface area contributed by atoms with Gasteiger partial charge in [0.2, 0.25) is 5.92 Å². The Labute approximate surface area is 169 Å². The fourth-order valence-electron chi connectivity index (χ4n) is 4.04. The highest BCUT2D eigenvalue weighted by Crippen LogP contribution is 2.45. The van der Waals surface area contributed by atoms with Crippen LogP contribution in [0.3, 0.4) is 0 Å². The van der Waals surface area contributed by atoms with Gasteiger partial charge in [-0.1, -0.05) is 30.3 Å². The molecule has 2 aromatic rings. The van der Waals surface area contributed by atoms with Gasteiger partial charge in [0.15, 0.2) is 5.60 Å². The normalized spacial score (nSPS) is 20.8. The van der Waals surface area contributed by atoms with E-state index in [1.807, 2.05) is 17.7 Å². The van der Waals surface area contributed by atoms with Crippen LogP contribution in [0.4, 0.5) is 8.78 Å². The number of rotatable bonds is 8. The number of aryl methyl sites for hydroxylation is 2.